The number of phosphoric acid groups is 1. The molecular weight excluding hydrogens is 177 g/mol. The van der Waals surface area contributed by atoms with Gasteiger partial charge in [-0.2, -0.15) is 0 Å². The Bertz CT molecular complexity index is 130. The van der Waals surface area contributed by atoms with E-state index in [1.165, 1.54) is 0 Å². The van der Waals surface area contributed by atoms with Crippen LogP contribution in [0.5, 0.6) is 0 Å². The summed E-state index contributed by atoms with van der Waals surface area (Å²) in [6.45, 7) is 2.00. The summed E-state index contributed by atoms with van der Waals surface area (Å²) < 4.78 is 8.88. The van der Waals surface area contributed by atoms with Crippen molar-refractivity contribution in [2.45, 2.75) is 0 Å². The molecule has 0 amide bonds. The van der Waals surface area contributed by atoms with E-state index >= 15 is 0 Å². The number of nitrogens with one attached hydrogen (secondary N) is 1. The van der Waals surface area contributed by atoms with Gasteiger partial charge < -0.3 is 30.9 Å². The van der Waals surface area contributed by atoms with Crippen LogP contribution in [0.2, 0.25) is 0 Å². The molecule has 0 rings (SSSR count). The van der Waals surface area contributed by atoms with Crippen LogP contribution in [0, 0.1) is 5.41 Å². The molecule has 0 saturated heterocycles. The lowest BCUT2D eigenvalue weighted by Gasteiger charge is -1.82. The van der Waals surface area contributed by atoms with E-state index in [-0.39, 0.29) is 5.96 Å². The fourth-order valence-corrected chi connectivity index (χ4v) is 0. The summed E-state index contributed by atoms with van der Waals surface area (Å²) in [5.74, 6) is -0.333. The second-order valence-corrected chi connectivity index (χ2v) is 2.00. The lowest BCUT2D eigenvalue weighted by Crippen LogP contribution is -2.20. The standard InChI is InChI=1S/CH5N3.CH2O.H3O4P/c2-1(3)4;1-2;1-5(2,3)4/h(H5,2,3,4);1H2;(H3,1,2,3,4). The average molecular weight is 187 g/mol. The van der Waals surface area contributed by atoms with Crippen molar-refractivity contribution in [3.8, 4) is 0 Å². The normalized spacial score (nSPS) is 7.91. The van der Waals surface area contributed by atoms with E-state index in [1.54, 1.807) is 0 Å². The molecule has 0 heterocycles. The summed E-state index contributed by atoms with van der Waals surface area (Å²) in [5, 5.41) is 6.06. The molecule has 11 heavy (non-hydrogen) atoms. The largest absolute Gasteiger partial charge is 0.466 e. The quantitative estimate of drug-likeness (QED) is 0.141. The van der Waals surface area contributed by atoms with Gasteiger partial charge in [0.25, 0.3) is 0 Å². The van der Waals surface area contributed by atoms with Crippen LogP contribution in [-0.2, 0) is 9.36 Å². The molecule has 0 aromatic heterocycles. The molecule has 0 atom stereocenters. The Balaban J connectivity index is -0.0000000965. The first-order chi connectivity index (χ1) is 4.73. The van der Waals surface area contributed by atoms with Gasteiger partial charge in [-0.3, -0.25) is 5.41 Å². The topological polar surface area (TPSA) is 171 Å². The van der Waals surface area contributed by atoms with Crippen molar-refractivity contribution in [3.63, 3.8) is 0 Å². The van der Waals surface area contributed by atoms with Crippen LogP contribution in [-0.4, -0.2) is 27.4 Å². The Morgan fingerprint density at radius 3 is 1.27 bits per heavy atom. The van der Waals surface area contributed by atoms with Gasteiger partial charge in [-0.1, -0.05) is 0 Å². The molecule has 0 aromatic carbocycles. The Morgan fingerprint density at radius 2 is 1.27 bits per heavy atom. The lowest BCUT2D eigenvalue weighted by molar-refractivity contribution is -0.0980. The van der Waals surface area contributed by atoms with Crippen molar-refractivity contribution < 1.29 is 24.0 Å². The maximum atomic E-state index is 8.88. The predicted octanol–water partition coefficient (Wildman–Crippen LogP) is -2.27. The minimum absolute atomic E-state index is 0.333. The van der Waals surface area contributed by atoms with Crippen molar-refractivity contribution >= 4 is 20.6 Å². The van der Waals surface area contributed by atoms with Gasteiger partial charge in [0.15, 0.2) is 5.96 Å². The van der Waals surface area contributed by atoms with Crippen LogP contribution in [0.3, 0.4) is 0 Å². The molecule has 0 aliphatic heterocycles. The average Bonchev–Trinajstić information content (AvgIpc) is 1.63. The van der Waals surface area contributed by atoms with Gasteiger partial charge in [-0.05, 0) is 0 Å². The Labute approximate surface area is 62.6 Å². The third-order valence-electron chi connectivity index (χ3n) is 0. The molecule has 9 heteroatoms. The predicted molar refractivity (Wildman–Crippen MR) is 37.5 cm³/mol. The third-order valence-corrected chi connectivity index (χ3v) is 0. The van der Waals surface area contributed by atoms with Crippen LogP contribution in [0.4, 0.5) is 0 Å². The van der Waals surface area contributed by atoms with E-state index in [2.05, 4.69) is 11.5 Å². The monoisotopic (exact) mass is 187 g/mol. The van der Waals surface area contributed by atoms with Gasteiger partial charge in [0.2, 0.25) is 0 Å². The highest BCUT2D eigenvalue weighted by Gasteiger charge is 2.00. The number of carbonyl (C=O) groups excluding carboxylic acids is 1. The first-order valence-electron chi connectivity index (χ1n) is 1.90. The minimum atomic E-state index is -4.64. The molecule has 68 valence electrons. The smallest absolute Gasteiger partial charge is 0.370 e. The highest BCUT2D eigenvalue weighted by atomic mass is 31.2. The Kier molecular flexibility index (Phi) is 13.6. The molecule has 0 radical (unpaired) electrons. The zero-order valence-electron chi connectivity index (χ0n) is 5.47. The molecule has 0 spiro atoms. The van der Waals surface area contributed by atoms with E-state index < -0.39 is 7.82 Å². The number of nitrogens with two attached hydrogens (primary N) is 2. The second-order valence-electron chi connectivity index (χ2n) is 0.969. The highest BCUT2D eigenvalue weighted by Crippen LogP contribution is 2.25. The van der Waals surface area contributed by atoms with Crippen LogP contribution in [0.25, 0.3) is 0 Å². The van der Waals surface area contributed by atoms with Gasteiger partial charge in [-0.25, -0.2) is 4.57 Å². The molecule has 0 bridgehead atoms. The fraction of sp³-hybridized carbons (Fsp3) is 0. The lowest BCUT2D eigenvalue weighted by atomic mass is 11.1. The summed E-state index contributed by atoms with van der Waals surface area (Å²) in [6.07, 6.45) is 0. The van der Waals surface area contributed by atoms with E-state index in [0.717, 1.165) is 0 Å². The number of rotatable bonds is 0. The molecular formula is C2H10N3O5P. The van der Waals surface area contributed by atoms with Crippen molar-refractivity contribution in [2.75, 3.05) is 0 Å². The van der Waals surface area contributed by atoms with Gasteiger partial charge in [-0.15, -0.1) is 0 Å². The Hall–Kier alpha value is -0.950. The number of hydrogen-bond acceptors (Lipinski definition) is 3. The van der Waals surface area contributed by atoms with E-state index in [0.29, 0.717) is 0 Å². The van der Waals surface area contributed by atoms with Crippen LogP contribution in [0.15, 0.2) is 0 Å². The number of carbonyl (C=O) groups is 1. The highest BCUT2D eigenvalue weighted by molar-refractivity contribution is 7.45. The molecule has 0 aliphatic rings. The van der Waals surface area contributed by atoms with E-state index in [4.69, 9.17) is 29.4 Å². The molecule has 0 aromatic rings. The van der Waals surface area contributed by atoms with Crippen LogP contribution >= 0.6 is 7.82 Å². The van der Waals surface area contributed by atoms with E-state index in [1.807, 2.05) is 6.79 Å². The molecule has 0 aliphatic carbocycles. The van der Waals surface area contributed by atoms with Crippen LogP contribution in [0.1, 0.15) is 0 Å². The van der Waals surface area contributed by atoms with Crippen molar-refractivity contribution in [3.05, 3.63) is 0 Å². The van der Waals surface area contributed by atoms with Crippen LogP contribution < -0.4 is 11.5 Å². The zero-order valence-corrected chi connectivity index (χ0v) is 6.36. The molecule has 8 N–H and O–H groups in total. The van der Waals surface area contributed by atoms with Crippen molar-refractivity contribution in [1.82, 2.24) is 0 Å². The number of hydrogen-bond donors (Lipinski definition) is 6. The third kappa shape index (κ3) is 498. The number of guanidine groups is 1. The summed E-state index contributed by atoms with van der Waals surface area (Å²) in [6, 6.07) is 0. The second kappa shape index (κ2) is 9.05. The molecule has 0 fully saturated rings. The first-order valence-corrected chi connectivity index (χ1v) is 3.46. The van der Waals surface area contributed by atoms with Crippen molar-refractivity contribution in [2.24, 2.45) is 11.5 Å². The zero-order chi connectivity index (χ0) is 10.1. The molecule has 8 nitrogen and oxygen atoms in total. The minimum Gasteiger partial charge on any atom is -0.370 e. The fourth-order valence-electron chi connectivity index (χ4n) is 0. The SMILES string of the molecule is C=O.N=C(N)N.O=P(O)(O)O. The van der Waals surface area contributed by atoms with Crippen molar-refractivity contribution in [1.29, 1.82) is 5.41 Å². The maximum Gasteiger partial charge on any atom is 0.466 e. The van der Waals surface area contributed by atoms with E-state index in [9.17, 15) is 0 Å². The summed E-state index contributed by atoms with van der Waals surface area (Å²) in [4.78, 5) is 29.6. The first kappa shape index (κ1) is 16.6. The molecule has 0 saturated carbocycles. The van der Waals surface area contributed by atoms with Gasteiger partial charge in [0, 0.05) is 0 Å². The van der Waals surface area contributed by atoms with Gasteiger partial charge >= 0.3 is 7.82 Å². The molecule has 0 unspecified atom stereocenters. The van der Waals surface area contributed by atoms with Gasteiger partial charge in [0.05, 0.1) is 0 Å². The Morgan fingerprint density at radius 1 is 1.27 bits per heavy atom. The summed E-state index contributed by atoms with van der Waals surface area (Å²) in [5.41, 5.74) is 8.94. The summed E-state index contributed by atoms with van der Waals surface area (Å²) in [7, 11) is -4.64. The van der Waals surface area contributed by atoms with Gasteiger partial charge in [0.1, 0.15) is 6.79 Å². The maximum absolute atomic E-state index is 8.88. The summed E-state index contributed by atoms with van der Waals surface area (Å²) >= 11 is 0.